The molecule has 1 heterocycles. The lowest BCUT2D eigenvalue weighted by molar-refractivity contribution is -0.123. The number of nitrogens with two attached hydrogens (primary N) is 1. The molecule has 2 aromatic rings. The van der Waals surface area contributed by atoms with Gasteiger partial charge in [0.1, 0.15) is 17.5 Å². The third-order valence-corrected chi connectivity index (χ3v) is 7.00. The van der Waals surface area contributed by atoms with E-state index in [-0.39, 0.29) is 17.4 Å². The van der Waals surface area contributed by atoms with Crippen LogP contribution in [0.5, 0.6) is 11.5 Å². The molecule has 0 radical (unpaired) electrons. The van der Waals surface area contributed by atoms with Gasteiger partial charge in [-0.2, -0.15) is 0 Å². The maximum atomic E-state index is 12.2. The molecule has 2 N–H and O–H groups in total. The Bertz CT molecular complexity index is 982. The van der Waals surface area contributed by atoms with Gasteiger partial charge in [0.15, 0.2) is 0 Å². The van der Waals surface area contributed by atoms with Gasteiger partial charge in [0.05, 0.1) is 0 Å². The van der Waals surface area contributed by atoms with Crippen LogP contribution in [0.25, 0.3) is 0 Å². The highest BCUT2D eigenvalue weighted by Crippen LogP contribution is 2.35. The first-order valence-electron chi connectivity index (χ1n) is 12.8. The quantitative estimate of drug-likeness (QED) is 0.498. The van der Waals surface area contributed by atoms with Crippen LogP contribution in [0.2, 0.25) is 0 Å². The average Bonchev–Trinajstić information content (AvgIpc) is 3.32. The zero-order valence-corrected chi connectivity index (χ0v) is 21.7. The highest BCUT2D eigenvalue weighted by Gasteiger charge is 2.32. The Labute approximate surface area is 206 Å². The molecule has 1 amide bonds. The van der Waals surface area contributed by atoms with Crippen LogP contribution < -0.4 is 10.5 Å². The number of carbonyl (C=O) groups is 1. The summed E-state index contributed by atoms with van der Waals surface area (Å²) in [5, 5.41) is 0. The SMILES string of the molecule is C=C(CC1CCCC1)N1Cc2cc(Oc3ccc(C(C)(C)C)cc3)ccc2CC1C(N)=O.CC. The molecule has 1 fully saturated rings. The van der Waals surface area contributed by atoms with E-state index in [2.05, 4.69) is 56.5 Å². The number of primary amides is 1. The summed E-state index contributed by atoms with van der Waals surface area (Å²) < 4.78 is 6.16. The van der Waals surface area contributed by atoms with Crippen molar-refractivity contribution >= 4 is 5.91 Å². The molecule has 4 rings (SSSR count). The van der Waals surface area contributed by atoms with Gasteiger partial charge >= 0.3 is 0 Å². The van der Waals surface area contributed by atoms with Gasteiger partial charge in [0.2, 0.25) is 5.91 Å². The summed E-state index contributed by atoms with van der Waals surface area (Å²) in [5.41, 5.74) is 10.6. The summed E-state index contributed by atoms with van der Waals surface area (Å²) in [5.74, 6) is 2.04. The van der Waals surface area contributed by atoms with E-state index in [4.69, 9.17) is 10.5 Å². The Morgan fingerprint density at radius 1 is 1.03 bits per heavy atom. The molecule has 0 bridgehead atoms. The molecule has 1 aliphatic carbocycles. The Kier molecular flexibility index (Phi) is 8.46. The van der Waals surface area contributed by atoms with Gasteiger partial charge in [-0.25, -0.2) is 0 Å². The Hall–Kier alpha value is -2.75. The minimum atomic E-state index is -0.326. The molecule has 2 aliphatic rings. The molecule has 4 heteroatoms. The van der Waals surface area contributed by atoms with Crippen LogP contribution in [0.15, 0.2) is 54.7 Å². The van der Waals surface area contributed by atoms with E-state index in [0.717, 1.165) is 29.2 Å². The minimum absolute atomic E-state index is 0.117. The highest BCUT2D eigenvalue weighted by molar-refractivity contribution is 5.81. The molecule has 1 saturated carbocycles. The number of nitrogens with zero attached hydrogens (tertiary/aromatic N) is 1. The van der Waals surface area contributed by atoms with Crippen LogP contribution in [0.4, 0.5) is 0 Å². The maximum absolute atomic E-state index is 12.2. The number of fused-ring (bicyclic) bond motifs is 1. The third kappa shape index (κ3) is 6.22. The molecule has 184 valence electrons. The Morgan fingerprint density at radius 2 is 1.65 bits per heavy atom. The van der Waals surface area contributed by atoms with E-state index >= 15 is 0 Å². The lowest BCUT2D eigenvalue weighted by Gasteiger charge is -2.38. The first-order valence-corrected chi connectivity index (χ1v) is 12.8. The second kappa shape index (κ2) is 11.1. The van der Waals surface area contributed by atoms with Crippen molar-refractivity contribution in [3.63, 3.8) is 0 Å². The largest absolute Gasteiger partial charge is 0.457 e. The van der Waals surface area contributed by atoms with E-state index < -0.39 is 0 Å². The van der Waals surface area contributed by atoms with Gasteiger partial charge in [-0.3, -0.25) is 4.79 Å². The summed E-state index contributed by atoms with van der Waals surface area (Å²) in [6.07, 6.45) is 6.70. The minimum Gasteiger partial charge on any atom is -0.457 e. The van der Waals surface area contributed by atoms with Crippen molar-refractivity contribution in [1.82, 2.24) is 4.90 Å². The van der Waals surface area contributed by atoms with Crippen LogP contribution >= 0.6 is 0 Å². The lowest BCUT2D eigenvalue weighted by atomic mass is 9.87. The topological polar surface area (TPSA) is 55.6 Å². The van der Waals surface area contributed by atoms with Crippen molar-refractivity contribution in [2.24, 2.45) is 11.7 Å². The highest BCUT2D eigenvalue weighted by atomic mass is 16.5. The molecule has 2 aromatic carbocycles. The van der Waals surface area contributed by atoms with Gasteiger partial charge < -0.3 is 15.4 Å². The summed E-state index contributed by atoms with van der Waals surface area (Å²) >= 11 is 0. The maximum Gasteiger partial charge on any atom is 0.240 e. The van der Waals surface area contributed by atoms with Crippen LogP contribution in [-0.4, -0.2) is 16.8 Å². The first-order chi connectivity index (χ1) is 16.2. The molecule has 0 saturated heterocycles. The molecule has 4 nitrogen and oxygen atoms in total. The lowest BCUT2D eigenvalue weighted by Crippen LogP contribution is -2.48. The molecular formula is C30H42N2O2. The summed E-state index contributed by atoms with van der Waals surface area (Å²) in [4.78, 5) is 14.4. The van der Waals surface area contributed by atoms with Crippen molar-refractivity contribution in [2.75, 3.05) is 0 Å². The van der Waals surface area contributed by atoms with Gasteiger partial charge in [-0.1, -0.05) is 85.1 Å². The number of ether oxygens (including phenoxy) is 1. The smallest absolute Gasteiger partial charge is 0.240 e. The molecule has 0 spiro atoms. The number of rotatable bonds is 6. The monoisotopic (exact) mass is 462 g/mol. The van der Waals surface area contributed by atoms with Crippen molar-refractivity contribution in [1.29, 1.82) is 0 Å². The summed E-state index contributed by atoms with van der Waals surface area (Å²) in [6, 6.07) is 14.1. The molecular weight excluding hydrogens is 420 g/mol. The van der Waals surface area contributed by atoms with Crippen LogP contribution in [0, 0.1) is 5.92 Å². The molecule has 1 atom stereocenters. The zero-order valence-electron chi connectivity index (χ0n) is 21.7. The third-order valence-electron chi connectivity index (χ3n) is 7.00. The summed E-state index contributed by atoms with van der Waals surface area (Å²) in [7, 11) is 0. The molecule has 1 unspecified atom stereocenters. The van der Waals surface area contributed by atoms with Crippen molar-refractivity contribution in [3.05, 3.63) is 71.4 Å². The number of allylic oxidation sites excluding steroid dienone is 1. The normalized spacial score (nSPS) is 18.0. The van der Waals surface area contributed by atoms with E-state index in [9.17, 15) is 4.79 Å². The zero-order chi connectivity index (χ0) is 24.9. The van der Waals surface area contributed by atoms with Gasteiger partial charge in [-0.05, 0) is 58.7 Å². The molecule has 1 aliphatic heterocycles. The van der Waals surface area contributed by atoms with Crippen molar-refractivity contribution in [3.8, 4) is 11.5 Å². The van der Waals surface area contributed by atoms with Crippen LogP contribution in [0.1, 0.15) is 83.4 Å². The number of hydrogen-bond acceptors (Lipinski definition) is 3. The number of carbonyl (C=O) groups excluding carboxylic acids is 1. The fraction of sp³-hybridized carbons (Fsp3) is 0.500. The standard InChI is InChI=1S/C28H36N2O2.C2H6/c1-19(15-20-7-5-6-8-20)30-18-22-16-25(12-9-21(22)17-26(30)27(29)31)32-24-13-10-23(11-14-24)28(2,3)4;1-2/h9-14,16,20,26H,1,5-8,15,17-18H2,2-4H3,(H2,29,31);1-2H3. The van der Waals surface area contributed by atoms with Crippen molar-refractivity contribution < 1.29 is 9.53 Å². The van der Waals surface area contributed by atoms with Gasteiger partial charge in [0.25, 0.3) is 0 Å². The van der Waals surface area contributed by atoms with Gasteiger partial charge in [-0.15, -0.1) is 0 Å². The fourth-order valence-electron chi connectivity index (χ4n) is 5.03. The number of amides is 1. The van der Waals surface area contributed by atoms with E-state index in [0.29, 0.717) is 18.9 Å². The average molecular weight is 463 g/mol. The second-order valence-corrected chi connectivity index (χ2v) is 10.5. The van der Waals surface area contributed by atoms with Gasteiger partial charge in [0, 0.05) is 18.7 Å². The predicted molar refractivity (Wildman–Crippen MR) is 141 cm³/mol. The van der Waals surface area contributed by atoms with E-state index in [1.54, 1.807) is 0 Å². The Balaban J connectivity index is 0.00000158. The fourth-order valence-corrected chi connectivity index (χ4v) is 5.03. The predicted octanol–water partition coefficient (Wildman–Crippen LogP) is 7.11. The van der Waals surface area contributed by atoms with Crippen LogP contribution in [0.3, 0.4) is 0 Å². The van der Waals surface area contributed by atoms with E-state index in [1.165, 1.54) is 36.8 Å². The number of benzene rings is 2. The first kappa shape index (κ1) is 25.9. The molecule has 34 heavy (non-hydrogen) atoms. The number of hydrogen-bond donors (Lipinski definition) is 1. The van der Waals surface area contributed by atoms with Crippen LogP contribution in [-0.2, 0) is 23.2 Å². The van der Waals surface area contributed by atoms with E-state index in [1.807, 2.05) is 32.0 Å². The second-order valence-electron chi connectivity index (χ2n) is 10.5. The van der Waals surface area contributed by atoms with Crippen molar-refractivity contribution in [2.45, 2.75) is 91.1 Å². The Morgan fingerprint density at radius 3 is 2.24 bits per heavy atom. The summed E-state index contributed by atoms with van der Waals surface area (Å²) in [6.45, 7) is 15.6. The molecule has 0 aromatic heterocycles.